The molecule has 0 saturated carbocycles. The van der Waals surface area contributed by atoms with Crippen LogP contribution < -0.4 is 10.6 Å². The average Bonchev–Trinajstić information content (AvgIpc) is 2.80. The normalized spacial score (nSPS) is 12.1. The summed E-state index contributed by atoms with van der Waals surface area (Å²) in [7, 11) is 0. The monoisotopic (exact) mass is 536 g/mol. The van der Waals surface area contributed by atoms with Crippen molar-refractivity contribution in [2.45, 2.75) is 19.9 Å². The summed E-state index contributed by atoms with van der Waals surface area (Å²) in [6.07, 6.45) is 0. The number of rotatable bonds is 5. The Kier molecular flexibility index (Phi) is 7.03. The lowest BCUT2D eigenvalue weighted by molar-refractivity contribution is -0.118. The molecule has 0 radical (unpaired) electrons. The van der Waals surface area contributed by atoms with Crippen molar-refractivity contribution in [3.8, 4) is 0 Å². The van der Waals surface area contributed by atoms with Crippen molar-refractivity contribution in [2.24, 2.45) is 5.92 Å². The van der Waals surface area contributed by atoms with Crippen molar-refractivity contribution in [1.82, 2.24) is 5.32 Å². The maximum Gasteiger partial charge on any atom is 0.263 e. The molecule has 1 atom stereocenters. The number of halogens is 3. The maximum atomic E-state index is 12.6. The van der Waals surface area contributed by atoms with Crippen LogP contribution in [-0.2, 0) is 4.79 Å². The van der Waals surface area contributed by atoms with E-state index >= 15 is 0 Å². The molecule has 0 aliphatic heterocycles. The first-order chi connectivity index (χ1) is 11.3. The number of carbonyl (C=O) groups excluding carboxylic acids is 2. The van der Waals surface area contributed by atoms with Crippen LogP contribution in [0.15, 0.2) is 43.1 Å². The van der Waals surface area contributed by atoms with Crippen LogP contribution in [0.4, 0.5) is 5.69 Å². The molecule has 8 heteroatoms. The first-order valence-corrected chi connectivity index (χ1v) is 10.3. The van der Waals surface area contributed by atoms with Crippen LogP contribution in [0.2, 0.25) is 0 Å². The summed E-state index contributed by atoms with van der Waals surface area (Å²) < 4.78 is 2.27. The van der Waals surface area contributed by atoms with Gasteiger partial charge in [-0.2, -0.15) is 0 Å². The highest BCUT2D eigenvalue weighted by molar-refractivity contribution is 9.14. The zero-order valence-corrected chi connectivity index (χ0v) is 18.5. The summed E-state index contributed by atoms with van der Waals surface area (Å²) >= 11 is 11.5. The first kappa shape index (κ1) is 19.6. The second-order valence-corrected chi connectivity index (χ2v) is 9.31. The molecular formula is C16H15Br3N2O2S. The van der Waals surface area contributed by atoms with Crippen LogP contribution in [0.3, 0.4) is 0 Å². The van der Waals surface area contributed by atoms with Gasteiger partial charge in [-0.15, -0.1) is 11.3 Å². The van der Waals surface area contributed by atoms with Crippen LogP contribution in [0.25, 0.3) is 0 Å². The minimum Gasteiger partial charge on any atom is -0.339 e. The molecule has 0 fully saturated rings. The van der Waals surface area contributed by atoms with Gasteiger partial charge in [-0.3, -0.25) is 9.59 Å². The Bertz CT molecular complexity index is 747. The van der Waals surface area contributed by atoms with E-state index in [1.165, 1.54) is 11.3 Å². The minimum atomic E-state index is -0.635. The van der Waals surface area contributed by atoms with Crippen molar-refractivity contribution < 1.29 is 9.59 Å². The zero-order chi connectivity index (χ0) is 17.9. The molecule has 0 saturated heterocycles. The Morgan fingerprint density at radius 2 is 1.67 bits per heavy atom. The van der Waals surface area contributed by atoms with Crippen molar-refractivity contribution >= 4 is 76.6 Å². The van der Waals surface area contributed by atoms with Crippen LogP contribution in [0, 0.1) is 5.92 Å². The fourth-order valence-electron chi connectivity index (χ4n) is 1.99. The third-order valence-corrected chi connectivity index (χ3v) is 8.27. The largest absolute Gasteiger partial charge is 0.339 e. The summed E-state index contributed by atoms with van der Waals surface area (Å²) in [5.41, 5.74) is 0.699. The second kappa shape index (κ2) is 8.60. The van der Waals surface area contributed by atoms with E-state index in [1.54, 1.807) is 12.1 Å². The Labute approximate surface area is 169 Å². The predicted octanol–water partition coefficient (Wildman–Crippen LogP) is 5.43. The Balaban J connectivity index is 2.14. The molecule has 24 heavy (non-hydrogen) atoms. The van der Waals surface area contributed by atoms with Gasteiger partial charge in [-0.1, -0.05) is 32.0 Å². The van der Waals surface area contributed by atoms with Gasteiger partial charge in [0.25, 0.3) is 5.91 Å². The highest BCUT2D eigenvalue weighted by Gasteiger charge is 2.27. The van der Waals surface area contributed by atoms with Crippen LogP contribution in [0.1, 0.15) is 23.5 Å². The van der Waals surface area contributed by atoms with Crippen LogP contribution >= 0.6 is 59.1 Å². The van der Waals surface area contributed by atoms with Crippen molar-refractivity contribution in [3.05, 3.63) is 47.9 Å². The van der Waals surface area contributed by atoms with Gasteiger partial charge in [0.15, 0.2) is 0 Å². The van der Waals surface area contributed by atoms with E-state index in [1.807, 2.05) is 32.0 Å². The van der Waals surface area contributed by atoms with Gasteiger partial charge in [-0.25, -0.2) is 0 Å². The van der Waals surface area contributed by atoms with E-state index in [-0.39, 0.29) is 17.7 Å². The number of para-hydroxylation sites is 1. The fourth-order valence-corrected chi connectivity index (χ4v) is 4.98. The molecule has 0 spiro atoms. The molecule has 1 aromatic carbocycles. The number of hydrogen-bond acceptors (Lipinski definition) is 3. The molecule has 0 bridgehead atoms. The van der Waals surface area contributed by atoms with E-state index in [0.717, 1.165) is 8.26 Å². The Morgan fingerprint density at radius 3 is 2.17 bits per heavy atom. The summed E-state index contributed by atoms with van der Waals surface area (Å²) in [6.45, 7) is 3.79. The van der Waals surface area contributed by atoms with E-state index in [4.69, 9.17) is 0 Å². The third-order valence-electron chi connectivity index (χ3n) is 3.24. The number of amides is 2. The Morgan fingerprint density at radius 1 is 1.04 bits per heavy atom. The van der Waals surface area contributed by atoms with Gasteiger partial charge in [0.1, 0.15) is 10.9 Å². The highest BCUT2D eigenvalue weighted by atomic mass is 79.9. The fraction of sp³-hybridized carbons (Fsp3) is 0.250. The van der Waals surface area contributed by atoms with E-state index in [9.17, 15) is 9.59 Å². The standard InChI is InChI=1S/C16H15Br3N2O2S/c1-8(2)12(15(22)20-9-6-4-3-5-7-9)21-16(23)13-10(17)11(18)14(19)24-13/h3-8,12H,1-2H3,(H,20,22)(H,21,23)/t12-/m0/s1. The van der Waals surface area contributed by atoms with Crippen molar-refractivity contribution in [1.29, 1.82) is 0 Å². The number of nitrogens with one attached hydrogen (secondary N) is 2. The molecule has 0 aliphatic rings. The number of anilines is 1. The van der Waals surface area contributed by atoms with E-state index in [2.05, 4.69) is 58.4 Å². The summed E-state index contributed by atoms with van der Waals surface area (Å²) in [5.74, 6) is -0.584. The quantitative estimate of drug-likeness (QED) is 0.533. The van der Waals surface area contributed by atoms with Gasteiger partial charge >= 0.3 is 0 Å². The zero-order valence-electron chi connectivity index (χ0n) is 12.9. The van der Waals surface area contributed by atoms with Gasteiger partial charge < -0.3 is 10.6 Å². The first-order valence-electron chi connectivity index (χ1n) is 7.11. The van der Waals surface area contributed by atoms with Gasteiger partial charge in [0.05, 0.1) is 12.7 Å². The molecule has 0 aliphatic carbocycles. The number of benzene rings is 1. The molecule has 2 amide bonds. The average molecular weight is 539 g/mol. The summed E-state index contributed by atoms with van der Waals surface area (Å²) in [4.78, 5) is 25.6. The number of carbonyl (C=O) groups is 2. The topological polar surface area (TPSA) is 58.2 Å². The van der Waals surface area contributed by atoms with Gasteiger partial charge in [0, 0.05) is 5.69 Å². The van der Waals surface area contributed by atoms with Crippen LogP contribution in [0.5, 0.6) is 0 Å². The second-order valence-electron chi connectivity index (χ2n) is 5.38. The van der Waals surface area contributed by atoms with Gasteiger partial charge in [0.2, 0.25) is 5.91 Å². The lowest BCUT2D eigenvalue weighted by Crippen LogP contribution is -2.47. The smallest absolute Gasteiger partial charge is 0.263 e. The molecule has 128 valence electrons. The third kappa shape index (κ3) is 4.68. The lowest BCUT2D eigenvalue weighted by atomic mass is 10.0. The lowest BCUT2D eigenvalue weighted by Gasteiger charge is -2.21. The van der Waals surface area contributed by atoms with Crippen molar-refractivity contribution in [3.63, 3.8) is 0 Å². The molecular weight excluding hydrogens is 524 g/mol. The predicted molar refractivity (Wildman–Crippen MR) is 109 cm³/mol. The molecule has 1 aromatic heterocycles. The SMILES string of the molecule is CC(C)[C@H](NC(=O)c1sc(Br)c(Br)c1Br)C(=O)Nc1ccccc1. The number of thiophene rings is 1. The molecule has 0 unspecified atom stereocenters. The summed E-state index contributed by atoms with van der Waals surface area (Å²) in [5, 5.41) is 5.65. The van der Waals surface area contributed by atoms with Crippen molar-refractivity contribution in [2.75, 3.05) is 5.32 Å². The number of hydrogen-bond donors (Lipinski definition) is 2. The summed E-state index contributed by atoms with van der Waals surface area (Å²) in [6, 6.07) is 8.54. The molecule has 2 rings (SSSR count). The molecule has 4 nitrogen and oxygen atoms in total. The minimum absolute atomic E-state index is 0.0525. The molecule has 2 N–H and O–H groups in total. The molecule has 2 aromatic rings. The Hall–Kier alpha value is -0.700. The van der Waals surface area contributed by atoms with E-state index < -0.39 is 6.04 Å². The van der Waals surface area contributed by atoms with Crippen LogP contribution in [-0.4, -0.2) is 17.9 Å². The molecule has 1 heterocycles. The van der Waals surface area contributed by atoms with E-state index in [0.29, 0.717) is 15.0 Å². The maximum absolute atomic E-state index is 12.6. The highest BCUT2D eigenvalue weighted by Crippen LogP contribution is 2.40. The van der Waals surface area contributed by atoms with Gasteiger partial charge in [-0.05, 0) is 65.8 Å².